The molecule has 0 aliphatic heterocycles. The molecule has 0 spiro atoms. The lowest BCUT2D eigenvalue weighted by atomic mass is 9.96. The van der Waals surface area contributed by atoms with Crippen molar-refractivity contribution in [1.82, 2.24) is 15.1 Å². The van der Waals surface area contributed by atoms with Crippen molar-refractivity contribution in [2.75, 3.05) is 0 Å². The van der Waals surface area contributed by atoms with Gasteiger partial charge < -0.3 is 4.52 Å². The van der Waals surface area contributed by atoms with E-state index in [1.807, 2.05) is 33.8 Å². The van der Waals surface area contributed by atoms with Gasteiger partial charge >= 0.3 is 0 Å². The summed E-state index contributed by atoms with van der Waals surface area (Å²) in [5, 5.41) is 4.69. The molecular formula is C16H16FN3O. The second kappa shape index (κ2) is 4.62. The van der Waals surface area contributed by atoms with E-state index in [-0.39, 0.29) is 11.2 Å². The van der Waals surface area contributed by atoms with E-state index in [0.717, 1.165) is 5.69 Å². The average Bonchev–Trinajstić information content (AvgIpc) is 2.87. The number of benzene rings is 1. The second-order valence-electron chi connectivity index (χ2n) is 6.15. The Hall–Kier alpha value is -2.30. The minimum atomic E-state index is -0.315. The molecule has 0 radical (unpaired) electrons. The summed E-state index contributed by atoms with van der Waals surface area (Å²) in [6.45, 7) is 7.92. The van der Waals surface area contributed by atoms with Crippen molar-refractivity contribution in [3.8, 4) is 11.5 Å². The van der Waals surface area contributed by atoms with Gasteiger partial charge in [-0.15, -0.1) is 0 Å². The molecule has 0 bridgehead atoms. The molecule has 2 aromatic heterocycles. The Balaban J connectivity index is 2.24. The van der Waals surface area contributed by atoms with Crippen LogP contribution in [0.2, 0.25) is 0 Å². The fourth-order valence-electron chi connectivity index (χ4n) is 2.14. The number of nitrogens with zero attached hydrogens (tertiary/aromatic N) is 3. The van der Waals surface area contributed by atoms with Crippen LogP contribution < -0.4 is 0 Å². The highest BCUT2D eigenvalue weighted by Gasteiger charge is 2.22. The fraction of sp³-hybridized carbons (Fsp3) is 0.312. The molecule has 4 nitrogen and oxygen atoms in total. The molecule has 0 atom stereocenters. The zero-order valence-corrected chi connectivity index (χ0v) is 12.4. The Kier molecular flexibility index (Phi) is 3.01. The van der Waals surface area contributed by atoms with Crippen LogP contribution in [0.4, 0.5) is 4.39 Å². The van der Waals surface area contributed by atoms with Crippen molar-refractivity contribution in [3.63, 3.8) is 0 Å². The molecule has 1 aromatic carbocycles. The molecule has 2 heterocycles. The van der Waals surface area contributed by atoms with Crippen molar-refractivity contribution in [2.24, 2.45) is 0 Å². The summed E-state index contributed by atoms with van der Waals surface area (Å²) in [4.78, 5) is 8.85. The molecule has 0 aliphatic rings. The summed E-state index contributed by atoms with van der Waals surface area (Å²) in [6, 6.07) is 6.33. The molecular weight excluding hydrogens is 269 g/mol. The number of aryl methyl sites for hydroxylation is 1. The van der Waals surface area contributed by atoms with Crippen LogP contribution in [0, 0.1) is 12.7 Å². The van der Waals surface area contributed by atoms with Gasteiger partial charge in [0.15, 0.2) is 5.82 Å². The third kappa shape index (κ3) is 2.51. The van der Waals surface area contributed by atoms with Gasteiger partial charge in [0.25, 0.3) is 5.89 Å². The molecule has 0 saturated carbocycles. The number of fused-ring (bicyclic) bond motifs is 1. The maximum atomic E-state index is 13.5. The largest absolute Gasteiger partial charge is 0.334 e. The van der Waals surface area contributed by atoms with E-state index in [0.29, 0.717) is 28.2 Å². The van der Waals surface area contributed by atoms with Gasteiger partial charge in [0.1, 0.15) is 5.82 Å². The molecule has 108 valence electrons. The van der Waals surface area contributed by atoms with Crippen LogP contribution in [0.15, 0.2) is 28.8 Å². The minimum Gasteiger partial charge on any atom is -0.334 e. The summed E-state index contributed by atoms with van der Waals surface area (Å²) >= 11 is 0. The van der Waals surface area contributed by atoms with E-state index in [4.69, 9.17) is 4.52 Å². The lowest BCUT2D eigenvalue weighted by molar-refractivity contribution is 0.402. The van der Waals surface area contributed by atoms with Gasteiger partial charge in [-0.2, -0.15) is 4.98 Å². The van der Waals surface area contributed by atoms with Gasteiger partial charge in [0, 0.05) is 16.5 Å². The first-order valence-corrected chi connectivity index (χ1v) is 6.76. The Morgan fingerprint density at radius 1 is 1.10 bits per heavy atom. The summed E-state index contributed by atoms with van der Waals surface area (Å²) in [7, 11) is 0. The van der Waals surface area contributed by atoms with Crippen LogP contribution in [0.5, 0.6) is 0 Å². The molecule has 0 aliphatic carbocycles. The average molecular weight is 285 g/mol. The zero-order chi connectivity index (χ0) is 15.2. The van der Waals surface area contributed by atoms with Crippen LogP contribution in [-0.4, -0.2) is 15.1 Å². The molecule has 0 unspecified atom stereocenters. The number of hydrogen-bond acceptors (Lipinski definition) is 4. The topological polar surface area (TPSA) is 51.8 Å². The van der Waals surface area contributed by atoms with Crippen molar-refractivity contribution in [1.29, 1.82) is 0 Å². The summed E-state index contributed by atoms with van der Waals surface area (Å²) in [6.07, 6.45) is 0. The Bertz CT molecular complexity index is 818. The third-order valence-electron chi connectivity index (χ3n) is 3.23. The molecule has 0 amide bonds. The molecule has 21 heavy (non-hydrogen) atoms. The molecule has 3 rings (SSSR count). The van der Waals surface area contributed by atoms with Crippen LogP contribution in [0.1, 0.15) is 32.3 Å². The first-order valence-electron chi connectivity index (χ1n) is 6.76. The van der Waals surface area contributed by atoms with Crippen LogP contribution in [-0.2, 0) is 5.41 Å². The maximum Gasteiger partial charge on any atom is 0.258 e. The van der Waals surface area contributed by atoms with E-state index >= 15 is 0 Å². The summed E-state index contributed by atoms with van der Waals surface area (Å²) in [5.74, 6) is 0.697. The van der Waals surface area contributed by atoms with E-state index < -0.39 is 0 Å². The normalized spacial score (nSPS) is 12.0. The van der Waals surface area contributed by atoms with E-state index in [2.05, 4.69) is 15.1 Å². The van der Waals surface area contributed by atoms with Gasteiger partial charge in [-0.05, 0) is 31.2 Å². The molecule has 0 saturated heterocycles. The Morgan fingerprint density at radius 2 is 1.86 bits per heavy atom. The van der Waals surface area contributed by atoms with Gasteiger partial charge in [0.2, 0.25) is 0 Å². The molecule has 0 fully saturated rings. The first-order chi connectivity index (χ1) is 9.84. The van der Waals surface area contributed by atoms with Gasteiger partial charge in [-0.25, -0.2) is 4.39 Å². The highest BCUT2D eigenvalue weighted by atomic mass is 19.1. The van der Waals surface area contributed by atoms with Crippen LogP contribution >= 0.6 is 0 Å². The van der Waals surface area contributed by atoms with Crippen molar-refractivity contribution >= 4 is 10.9 Å². The fourth-order valence-corrected chi connectivity index (χ4v) is 2.14. The minimum absolute atomic E-state index is 0.203. The standard InChI is InChI=1S/C16H16FN3O/c1-9-7-12(11-8-10(17)5-6-13(11)18-9)14-19-15(20-21-14)16(2,3)4/h5-8H,1-4H3. The van der Waals surface area contributed by atoms with Gasteiger partial charge in [0.05, 0.1) is 11.1 Å². The number of rotatable bonds is 1. The Morgan fingerprint density at radius 3 is 2.52 bits per heavy atom. The van der Waals surface area contributed by atoms with E-state index in [1.54, 1.807) is 6.07 Å². The third-order valence-corrected chi connectivity index (χ3v) is 3.23. The summed E-state index contributed by atoms with van der Waals surface area (Å²) < 4.78 is 18.9. The Labute approximate surface area is 122 Å². The molecule has 3 aromatic rings. The number of halogens is 1. The lowest BCUT2D eigenvalue weighted by Gasteiger charge is -2.11. The number of pyridine rings is 1. The number of aromatic nitrogens is 3. The van der Waals surface area contributed by atoms with Crippen molar-refractivity contribution in [2.45, 2.75) is 33.1 Å². The van der Waals surface area contributed by atoms with Crippen LogP contribution in [0.3, 0.4) is 0 Å². The number of hydrogen-bond donors (Lipinski definition) is 0. The quantitative estimate of drug-likeness (QED) is 0.677. The highest BCUT2D eigenvalue weighted by Crippen LogP contribution is 2.30. The monoisotopic (exact) mass is 285 g/mol. The molecule has 0 N–H and O–H groups in total. The van der Waals surface area contributed by atoms with E-state index in [1.165, 1.54) is 12.1 Å². The predicted octanol–water partition coefficient (Wildman–Crippen LogP) is 4.03. The smallest absolute Gasteiger partial charge is 0.258 e. The van der Waals surface area contributed by atoms with Crippen molar-refractivity contribution in [3.05, 3.63) is 41.6 Å². The lowest BCUT2D eigenvalue weighted by Crippen LogP contribution is -2.13. The summed E-state index contributed by atoms with van der Waals surface area (Å²) in [5.41, 5.74) is 2.03. The second-order valence-corrected chi connectivity index (χ2v) is 6.15. The zero-order valence-electron chi connectivity index (χ0n) is 12.4. The SMILES string of the molecule is Cc1cc(-c2nc(C(C)(C)C)no2)c2cc(F)ccc2n1. The molecule has 5 heteroatoms. The highest BCUT2D eigenvalue weighted by molar-refractivity contribution is 5.92. The first kappa shape index (κ1) is 13.7. The maximum absolute atomic E-state index is 13.5. The van der Waals surface area contributed by atoms with Crippen LogP contribution in [0.25, 0.3) is 22.4 Å². The van der Waals surface area contributed by atoms with Gasteiger partial charge in [-0.1, -0.05) is 25.9 Å². The van der Waals surface area contributed by atoms with Crippen molar-refractivity contribution < 1.29 is 8.91 Å². The van der Waals surface area contributed by atoms with E-state index in [9.17, 15) is 4.39 Å². The van der Waals surface area contributed by atoms with Gasteiger partial charge in [-0.3, -0.25) is 4.98 Å². The predicted molar refractivity (Wildman–Crippen MR) is 78.4 cm³/mol.